The zero-order valence-electron chi connectivity index (χ0n) is 11.4. The number of likely N-dealkylation sites (N-methyl/N-ethyl adjacent to an activating group) is 1. The normalized spacial score (nSPS) is 26.8. The number of hydrogen-bond acceptors (Lipinski definition) is 4. The minimum absolute atomic E-state index is 0.347. The van der Waals surface area contributed by atoms with Crippen molar-refractivity contribution in [1.82, 2.24) is 9.88 Å². The maximum absolute atomic E-state index is 11.3. The van der Waals surface area contributed by atoms with E-state index < -0.39 is 5.54 Å². The summed E-state index contributed by atoms with van der Waals surface area (Å²) in [5, 5.41) is 0. The maximum atomic E-state index is 11.3. The highest BCUT2D eigenvalue weighted by molar-refractivity contribution is 5.84. The molecule has 1 saturated carbocycles. The summed E-state index contributed by atoms with van der Waals surface area (Å²) in [5.41, 5.74) is 11.9. The predicted octanol–water partition coefficient (Wildman–Crippen LogP) is 0.291. The molecule has 5 nitrogen and oxygen atoms in total. The van der Waals surface area contributed by atoms with Crippen molar-refractivity contribution >= 4 is 5.91 Å². The molecule has 2 atom stereocenters. The van der Waals surface area contributed by atoms with Gasteiger partial charge in [-0.1, -0.05) is 0 Å². The van der Waals surface area contributed by atoms with Gasteiger partial charge in [-0.25, -0.2) is 0 Å². The summed E-state index contributed by atoms with van der Waals surface area (Å²) in [6.45, 7) is 0.948. The van der Waals surface area contributed by atoms with Gasteiger partial charge in [-0.3, -0.25) is 9.78 Å². The van der Waals surface area contributed by atoms with Gasteiger partial charge in [0.15, 0.2) is 0 Å². The molecule has 1 aromatic heterocycles. The van der Waals surface area contributed by atoms with Crippen LogP contribution < -0.4 is 11.5 Å². The van der Waals surface area contributed by atoms with Crippen molar-refractivity contribution in [2.24, 2.45) is 11.5 Å². The molecule has 1 fully saturated rings. The van der Waals surface area contributed by atoms with Crippen LogP contribution in [0, 0.1) is 0 Å². The van der Waals surface area contributed by atoms with Crippen molar-refractivity contribution in [1.29, 1.82) is 0 Å². The SMILES string of the molecule is CN(CCc1ccncc1)C1CCC(N)(C(N)=O)C1. The standard InChI is InChI=1S/C14H22N4O/c1-18(9-5-11-3-7-17-8-4-11)12-2-6-14(16,10-12)13(15)19/h3-4,7-8,12H,2,5-6,9-10,16H2,1H3,(H2,15,19). The van der Waals surface area contributed by atoms with Crippen LogP contribution in [0.25, 0.3) is 0 Å². The number of carbonyl (C=O) groups excluding carboxylic acids is 1. The van der Waals surface area contributed by atoms with Gasteiger partial charge in [-0.15, -0.1) is 0 Å². The van der Waals surface area contributed by atoms with Crippen LogP contribution in [-0.2, 0) is 11.2 Å². The van der Waals surface area contributed by atoms with E-state index in [9.17, 15) is 4.79 Å². The van der Waals surface area contributed by atoms with Crippen LogP contribution in [0.15, 0.2) is 24.5 Å². The minimum atomic E-state index is -0.810. The number of carbonyl (C=O) groups is 1. The van der Waals surface area contributed by atoms with Crippen LogP contribution in [0.5, 0.6) is 0 Å². The quantitative estimate of drug-likeness (QED) is 0.798. The molecule has 4 N–H and O–H groups in total. The molecule has 0 spiro atoms. The number of amides is 1. The fourth-order valence-corrected chi connectivity index (χ4v) is 2.69. The van der Waals surface area contributed by atoms with E-state index in [4.69, 9.17) is 11.5 Å². The molecule has 1 heterocycles. The third kappa shape index (κ3) is 3.30. The Morgan fingerprint density at radius 1 is 1.53 bits per heavy atom. The largest absolute Gasteiger partial charge is 0.368 e. The lowest BCUT2D eigenvalue weighted by Gasteiger charge is -2.26. The van der Waals surface area contributed by atoms with Crippen molar-refractivity contribution in [3.05, 3.63) is 30.1 Å². The van der Waals surface area contributed by atoms with Crippen LogP contribution in [0.3, 0.4) is 0 Å². The van der Waals surface area contributed by atoms with Gasteiger partial charge in [0.2, 0.25) is 5.91 Å². The zero-order valence-corrected chi connectivity index (χ0v) is 11.4. The molecule has 0 radical (unpaired) electrons. The average molecular weight is 262 g/mol. The third-order valence-corrected chi connectivity index (χ3v) is 4.14. The van der Waals surface area contributed by atoms with Crippen molar-refractivity contribution in [3.8, 4) is 0 Å². The molecule has 19 heavy (non-hydrogen) atoms. The summed E-state index contributed by atoms with van der Waals surface area (Å²) >= 11 is 0. The van der Waals surface area contributed by atoms with Gasteiger partial charge >= 0.3 is 0 Å². The molecule has 1 aromatic rings. The van der Waals surface area contributed by atoms with Crippen molar-refractivity contribution in [2.45, 2.75) is 37.3 Å². The molecule has 2 unspecified atom stereocenters. The molecular weight excluding hydrogens is 240 g/mol. The highest BCUT2D eigenvalue weighted by atomic mass is 16.1. The number of nitrogens with zero attached hydrogens (tertiary/aromatic N) is 2. The number of hydrogen-bond donors (Lipinski definition) is 2. The summed E-state index contributed by atoms with van der Waals surface area (Å²) in [4.78, 5) is 17.6. The number of nitrogens with two attached hydrogens (primary N) is 2. The second kappa shape index (κ2) is 5.67. The van der Waals surface area contributed by atoms with E-state index in [1.165, 1.54) is 5.56 Å². The van der Waals surface area contributed by atoms with Gasteiger partial charge in [0.05, 0.1) is 5.54 Å². The lowest BCUT2D eigenvalue weighted by molar-refractivity contribution is -0.123. The fourth-order valence-electron chi connectivity index (χ4n) is 2.69. The molecule has 1 amide bonds. The van der Waals surface area contributed by atoms with E-state index >= 15 is 0 Å². The fraction of sp³-hybridized carbons (Fsp3) is 0.571. The first-order valence-corrected chi connectivity index (χ1v) is 6.69. The Morgan fingerprint density at radius 3 is 2.79 bits per heavy atom. The van der Waals surface area contributed by atoms with Crippen molar-refractivity contribution in [3.63, 3.8) is 0 Å². The van der Waals surface area contributed by atoms with Gasteiger partial charge < -0.3 is 16.4 Å². The van der Waals surface area contributed by atoms with Gasteiger partial charge in [-0.2, -0.15) is 0 Å². The Morgan fingerprint density at radius 2 is 2.21 bits per heavy atom. The third-order valence-electron chi connectivity index (χ3n) is 4.14. The summed E-state index contributed by atoms with van der Waals surface area (Å²) in [6, 6.07) is 4.40. The predicted molar refractivity (Wildman–Crippen MR) is 74.3 cm³/mol. The van der Waals surface area contributed by atoms with E-state index in [0.717, 1.165) is 19.4 Å². The van der Waals surface area contributed by atoms with Crippen LogP contribution in [-0.4, -0.2) is 41.0 Å². The molecule has 0 aromatic carbocycles. The van der Waals surface area contributed by atoms with Crippen LogP contribution in [0.1, 0.15) is 24.8 Å². The van der Waals surface area contributed by atoms with E-state index in [1.54, 1.807) is 0 Å². The molecule has 1 aliphatic carbocycles. The van der Waals surface area contributed by atoms with Crippen molar-refractivity contribution in [2.75, 3.05) is 13.6 Å². The van der Waals surface area contributed by atoms with E-state index in [0.29, 0.717) is 18.9 Å². The molecule has 0 bridgehead atoms. The van der Waals surface area contributed by atoms with Gasteiger partial charge in [0.1, 0.15) is 0 Å². The first-order valence-electron chi connectivity index (χ1n) is 6.69. The monoisotopic (exact) mass is 262 g/mol. The minimum Gasteiger partial charge on any atom is -0.368 e. The average Bonchev–Trinajstić information content (AvgIpc) is 2.81. The van der Waals surface area contributed by atoms with E-state index in [2.05, 4.69) is 16.9 Å². The topological polar surface area (TPSA) is 85.2 Å². The first kappa shape index (κ1) is 14.0. The van der Waals surface area contributed by atoms with Gasteiger partial charge in [0.25, 0.3) is 0 Å². The number of aromatic nitrogens is 1. The highest BCUT2D eigenvalue weighted by Gasteiger charge is 2.41. The summed E-state index contributed by atoms with van der Waals surface area (Å²) < 4.78 is 0. The Labute approximate surface area is 114 Å². The molecule has 5 heteroatoms. The first-order chi connectivity index (χ1) is 9.01. The van der Waals surface area contributed by atoms with E-state index in [1.807, 2.05) is 24.5 Å². The van der Waals surface area contributed by atoms with Crippen LogP contribution in [0.2, 0.25) is 0 Å². The van der Waals surface area contributed by atoms with Gasteiger partial charge in [0, 0.05) is 25.0 Å². The van der Waals surface area contributed by atoms with Crippen LogP contribution >= 0.6 is 0 Å². The Bertz CT molecular complexity index is 436. The summed E-state index contributed by atoms with van der Waals surface area (Å²) in [7, 11) is 2.08. The number of pyridine rings is 1. The van der Waals surface area contributed by atoms with Crippen LogP contribution in [0.4, 0.5) is 0 Å². The smallest absolute Gasteiger partial charge is 0.237 e. The summed E-state index contributed by atoms with van der Waals surface area (Å²) in [6.07, 6.45) is 6.88. The highest BCUT2D eigenvalue weighted by Crippen LogP contribution is 2.30. The summed E-state index contributed by atoms with van der Waals surface area (Å²) in [5.74, 6) is -0.377. The lowest BCUT2D eigenvalue weighted by Crippen LogP contribution is -2.51. The maximum Gasteiger partial charge on any atom is 0.237 e. The second-order valence-electron chi connectivity index (χ2n) is 5.50. The Hall–Kier alpha value is -1.46. The molecule has 0 aliphatic heterocycles. The number of primary amides is 1. The second-order valence-corrected chi connectivity index (χ2v) is 5.50. The molecular formula is C14H22N4O. The van der Waals surface area contributed by atoms with Crippen molar-refractivity contribution < 1.29 is 4.79 Å². The molecule has 0 saturated heterocycles. The molecule has 104 valence electrons. The Balaban J connectivity index is 1.85. The number of rotatable bonds is 5. The zero-order chi connectivity index (χ0) is 13.9. The lowest BCUT2D eigenvalue weighted by atomic mass is 9.98. The molecule has 1 aliphatic rings. The van der Waals surface area contributed by atoms with Gasteiger partial charge in [-0.05, 0) is 50.4 Å². The van der Waals surface area contributed by atoms with E-state index in [-0.39, 0.29) is 5.91 Å². The molecule has 2 rings (SSSR count). The Kier molecular flexibility index (Phi) is 4.17.